The molecule has 0 aliphatic heterocycles. The Bertz CT molecular complexity index is 1720. The van der Waals surface area contributed by atoms with Gasteiger partial charge in [-0.25, -0.2) is 18.4 Å². The molecule has 0 saturated heterocycles. The third-order valence-corrected chi connectivity index (χ3v) is 9.32. The number of amides is 1. The van der Waals surface area contributed by atoms with Gasteiger partial charge in [-0.1, -0.05) is 12.1 Å². The van der Waals surface area contributed by atoms with Crippen molar-refractivity contribution in [3.63, 3.8) is 0 Å². The maximum Gasteiger partial charge on any atom is 0.263 e. The predicted molar refractivity (Wildman–Crippen MR) is 141 cm³/mol. The van der Waals surface area contributed by atoms with E-state index in [0.717, 1.165) is 5.56 Å². The second kappa shape index (κ2) is 9.88. The van der Waals surface area contributed by atoms with Crippen LogP contribution in [0.25, 0.3) is 10.9 Å². The summed E-state index contributed by atoms with van der Waals surface area (Å²) in [5, 5.41) is 14.1. The molecule has 0 spiro atoms. The van der Waals surface area contributed by atoms with E-state index in [4.69, 9.17) is 10.00 Å². The predicted octanol–water partition coefficient (Wildman–Crippen LogP) is 2.54. The Morgan fingerprint density at radius 3 is 2.63 bits per heavy atom. The highest BCUT2D eigenvalue weighted by molar-refractivity contribution is 7.94. The van der Waals surface area contributed by atoms with Crippen LogP contribution in [0.5, 0.6) is 5.88 Å². The van der Waals surface area contributed by atoms with Gasteiger partial charge in [0.2, 0.25) is 15.9 Å². The van der Waals surface area contributed by atoms with Gasteiger partial charge in [0.1, 0.15) is 22.4 Å². The number of hydrogen-bond donors (Lipinski definition) is 2. The standard InChI is InChI=1S/C25H22N6O5S2/c1-31-20-18(12-19(23(31)33)21(32)29-14-17-4-2-16(13-26)3-5-17)6-9-27-22(20)36-15-25(7-8-25)38(34,35)30-24-28-10-11-37-24/h2-6,9-12H,7-8,14-15H2,1H3,(H,28,30)(H,29,32). The molecular formula is C25H22N6O5S2. The normalized spacial score (nSPS) is 14.0. The fraction of sp³-hybridized carbons (Fsp3) is 0.240. The van der Waals surface area contributed by atoms with E-state index >= 15 is 0 Å². The fourth-order valence-corrected chi connectivity index (χ4v) is 6.22. The van der Waals surface area contributed by atoms with Gasteiger partial charge >= 0.3 is 0 Å². The number of pyridine rings is 2. The summed E-state index contributed by atoms with van der Waals surface area (Å²) in [5.74, 6) is -0.449. The molecule has 0 unspecified atom stereocenters. The molecule has 194 valence electrons. The lowest BCUT2D eigenvalue weighted by molar-refractivity contribution is 0.0949. The number of thiazole rings is 1. The Balaban J connectivity index is 1.35. The zero-order valence-electron chi connectivity index (χ0n) is 20.2. The van der Waals surface area contributed by atoms with Crippen molar-refractivity contribution in [3.8, 4) is 11.9 Å². The number of hydrogen-bond acceptors (Lipinski definition) is 9. The van der Waals surface area contributed by atoms with Gasteiger partial charge in [-0.2, -0.15) is 5.26 Å². The van der Waals surface area contributed by atoms with E-state index in [1.54, 1.807) is 35.7 Å². The highest BCUT2D eigenvalue weighted by Crippen LogP contribution is 2.44. The molecular weight excluding hydrogens is 528 g/mol. The molecule has 13 heteroatoms. The summed E-state index contributed by atoms with van der Waals surface area (Å²) in [7, 11) is -2.25. The maximum absolute atomic E-state index is 13.1. The van der Waals surface area contributed by atoms with Crippen LogP contribution >= 0.6 is 11.3 Å². The SMILES string of the molecule is Cn1c(=O)c(C(=O)NCc2ccc(C#N)cc2)cc2ccnc(OCC3(S(=O)(=O)Nc4nccs4)CC3)c21. The molecule has 11 nitrogen and oxygen atoms in total. The number of aromatic nitrogens is 3. The van der Waals surface area contributed by atoms with E-state index in [2.05, 4.69) is 20.0 Å². The molecule has 38 heavy (non-hydrogen) atoms. The quantitative estimate of drug-likeness (QED) is 0.322. The Hall–Kier alpha value is -4.28. The largest absolute Gasteiger partial charge is 0.474 e. The minimum Gasteiger partial charge on any atom is -0.474 e. The number of nitrogens with zero attached hydrogens (tertiary/aromatic N) is 4. The highest BCUT2D eigenvalue weighted by Gasteiger charge is 2.56. The van der Waals surface area contributed by atoms with Crippen LogP contribution in [-0.2, 0) is 23.6 Å². The van der Waals surface area contributed by atoms with Crippen molar-refractivity contribution in [1.29, 1.82) is 5.26 Å². The number of sulfonamides is 1. The summed E-state index contributed by atoms with van der Waals surface area (Å²) in [6.45, 7) is 0.0306. The smallest absolute Gasteiger partial charge is 0.263 e. The van der Waals surface area contributed by atoms with Gasteiger partial charge in [-0.05, 0) is 42.7 Å². The average Bonchev–Trinajstić information content (AvgIpc) is 3.57. The van der Waals surface area contributed by atoms with Gasteiger partial charge in [0.15, 0.2) is 5.13 Å². The first-order valence-electron chi connectivity index (χ1n) is 11.5. The van der Waals surface area contributed by atoms with Crippen LogP contribution in [0.3, 0.4) is 0 Å². The number of carbonyl (C=O) groups is 1. The third kappa shape index (κ3) is 4.83. The Morgan fingerprint density at radius 2 is 1.97 bits per heavy atom. The minimum absolute atomic E-state index is 0.0558. The number of benzene rings is 1. The van der Waals surface area contributed by atoms with E-state index in [1.165, 1.54) is 41.4 Å². The molecule has 5 rings (SSSR count). The molecule has 1 amide bonds. The van der Waals surface area contributed by atoms with Crippen molar-refractivity contribution in [1.82, 2.24) is 19.9 Å². The van der Waals surface area contributed by atoms with Crippen molar-refractivity contribution in [3.05, 3.63) is 81.2 Å². The molecule has 4 aromatic rings. The third-order valence-electron chi connectivity index (χ3n) is 6.38. The van der Waals surface area contributed by atoms with Gasteiger partial charge in [-0.3, -0.25) is 14.3 Å². The van der Waals surface area contributed by atoms with Crippen LogP contribution in [-0.4, -0.2) is 40.2 Å². The lowest BCUT2D eigenvalue weighted by Crippen LogP contribution is -2.35. The molecule has 0 bridgehead atoms. The molecule has 0 radical (unpaired) electrons. The van der Waals surface area contributed by atoms with E-state index in [0.29, 0.717) is 29.3 Å². The first-order chi connectivity index (χ1) is 18.2. The van der Waals surface area contributed by atoms with Crippen LogP contribution < -0.4 is 20.3 Å². The first kappa shape index (κ1) is 25.4. The first-order valence-corrected chi connectivity index (χ1v) is 13.9. The molecule has 3 aromatic heterocycles. The van der Waals surface area contributed by atoms with E-state index in [-0.39, 0.29) is 29.7 Å². The number of nitriles is 1. The number of nitrogens with one attached hydrogen (secondary N) is 2. The summed E-state index contributed by atoms with van der Waals surface area (Å²) in [4.78, 5) is 34.1. The van der Waals surface area contributed by atoms with Gasteiger partial charge in [0, 0.05) is 36.8 Å². The van der Waals surface area contributed by atoms with Crippen LogP contribution in [0, 0.1) is 11.3 Å². The lowest BCUT2D eigenvalue weighted by Gasteiger charge is -2.18. The van der Waals surface area contributed by atoms with Crippen LogP contribution in [0.15, 0.2) is 59.0 Å². The second-order valence-electron chi connectivity index (χ2n) is 8.88. The van der Waals surface area contributed by atoms with Gasteiger partial charge in [0.05, 0.1) is 11.6 Å². The van der Waals surface area contributed by atoms with Crippen molar-refractivity contribution in [2.45, 2.75) is 24.1 Å². The maximum atomic E-state index is 13.1. The lowest BCUT2D eigenvalue weighted by atomic mass is 10.1. The minimum atomic E-state index is -3.76. The second-order valence-corrected chi connectivity index (χ2v) is 11.9. The zero-order valence-corrected chi connectivity index (χ0v) is 21.8. The number of anilines is 1. The van der Waals surface area contributed by atoms with Crippen molar-refractivity contribution < 1.29 is 17.9 Å². The van der Waals surface area contributed by atoms with Crippen LogP contribution in [0.1, 0.15) is 34.3 Å². The molecule has 1 aliphatic rings. The summed E-state index contributed by atoms with van der Waals surface area (Å²) >= 11 is 1.18. The molecule has 3 heterocycles. The average molecular weight is 551 g/mol. The number of ether oxygens (including phenoxy) is 1. The molecule has 1 fully saturated rings. The molecule has 2 N–H and O–H groups in total. The highest BCUT2D eigenvalue weighted by atomic mass is 32.2. The Labute approximate surface area is 221 Å². The van der Waals surface area contributed by atoms with Gasteiger partial charge in [0.25, 0.3) is 11.5 Å². The number of carbonyl (C=O) groups excluding carboxylic acids is 1. The molecule has 0 atom stereocenters. The monoisotopic (exact) mass is 550 g/mol. The number of aryl methyl sites for hydroxylation is 1. The fourth-order valence-electron chi connectivity index (χ4n) is 3.97. The zero-order chi connectivity index (χ0) is 26.9. The van der Waals surface area contributed by atoms with Gasteiger partial charge < -0.3 is 14.6 Å². The van der Waals surface area contributed by atoms with E-state index in [1.807, 2.05) is 6.07 Å². The summed E-state index contributed by atoms with van der Waals surface area (Å²) in [5.41, 5.74) is 1.04. The Morgan fingerprint density at radius 1 is 1.21 bits per heavy atom. The molecule has 1 aliphatic carbocycles. The van der Waals surface area contributed by atoms with Crippen molar-refractivity contribution in [2.75, 3.05) is 11.3 Å². The summed E-state index contributed by atoms with van der Waals surface area (Å²) in [6, 6.07) is 11.9. The van der Waals surface area contributed by atoms with E-state index in [9.17, 15) is 18.0 Å². The topological polar surface area (TPSA) is 156 Å². The molecule has 1 aromatic carbocycles. The summed E-state index contributed by atoms with van der Waals surface area (Å²) < 4.78 is 34.4. The van der Waals surface area contributed by atoms with Crippen LogP contribution in [0.4, 0.5) is 5.13 Å². The van der Waals surface area contributed by atoms with Crippen molar-refractivity contribution in [2.24, 2.45) is 7.05 Å². The van der Waals surface area contributed by atoms with E-state index < -0.39 is 26.2 Å². The van der Waals surface area contributed by atoms with Crippen molar-refractivity contribution >= 4 is 43.3 Å². The molecule has 1 saturated carbocycles. The van der Waals surface area contributed by atoms with Gasteiger partial charge in [-0.15, -0.1) is 11.3 Å². The van der Waals surface area contributed by atoms with Crippen LogP contribution in [0.2, 0.25) is 0 Å². The Kier molecular flexibility index (Phi) is 6.60. The number of rotatable bonds is 9. The number of fused-ring (bicyclic) bond motifs is 1. The summed E-state index contributed by atoms with van der Waals surface area (Å²) in [6.07, 6.45) is 3.82.